The van der Waals surface area contributed by atoms with Crippen LogP contribution < -0.4 is 15.0 Å². The van der Waals surface area contributed by atoms with Gasteiger partial charge in [0.2, 0.25) is 0 Å². The smallest absolute Gasteiger partial charge is 0.340 e. The summed E-state index contributed by atoms with van der Waals surface area (Å²) in [5.41, 5.74) is 1.22. The first kappa shape index (κ1) is 23.0. The third-order valence-corrected chi connectivity index (χ3v) is 4.71. The van der Waals surface area contributed by atoms with Gasteiger partial charge in [-0.3, -0.25) is 14.9 Å². The van der Waals surface area contributed by atoms with Gasteiger partial charge in [0.1, 0.15) is 0 Å². The number of morpholine rings is 1. The second kappa shape index (κ2) is 11.1. The number of para-hydroxylation sites is 2. The molecule has 1 fully saturated rings. The molecule has 1 N–H and O–H groups in total. The highest BCUT2D eigenvalue weighted by Gasteiger charge is 2.21. The Labute approximate surface area is 185 Å². The summed E-state index contributed by atoms with van der Waals surface area (Å²) in [4.78, 5) is 37.5. The molecular weight excluding hydrogens is 418 g/mol. The van der Waals surface area contributed by atoms with Gasteiger partial charge >= 0.3 is 11.7 Å². The normalized spacial score (nSPS) is 13.3. The highest BCUT2D eigenvalue weighted by atomic mass is 16.6. The number of ether oxygens (including phenoxy) is 3. The number of esters is 1. The monoisotopic (exact) mass is 443 g/mol. The van der Waals surface area contributed by atoms with Crippen LogP contribution in [-0.2, 0) is 14.3 Å². The Balaban J connectivity index is 1.72. The van der Waals surface area contributed by atoms with Crippen molar-refractivity contribution in [3.05, 3.63) is 58.1 Å². The Kier molecular flexibility index (Phi) is 7.98. The third kappa shape index (κ3) is 5.94. The molecule has 1 aliphatic heterocycles. The predicted octanol–water partition coefficient (Wildman–Crippen LogP) is 3.02. The topological polar surface area (TPSA) is 120 Å². The summed E-state index contributed by atoms with van der Waals surface area (Å²) in [6.07, 6.45) is 0.692. The van der Waals surface area contributed by atoms with E-state index in [1.165, 1.54) is 18.2 Å². The molecule has 10 heteroatoms. The van der Waals surface area contributed by atoms with Crippen molar-refractivity contribution in [1.29, 1.82) is 0 Å². The molecule has 0 aliphatic carbocycles. The molecule has 0 spiro atoms. The number of carbonyl (C=O) groups excluding carboxylic acids is 2. The maximum Gasteiger partial charge on any atom is 0.340 e. The van der Waals surface area contributed by atoms with Gasteiger partial charge in [-0.25, -0.2) is 4.79 Å². The van der Waals surface area contributed by atoms with Crippen LogP contribution in [0, 0.1) is 10.1 Å². The van der Waals surface area contributed by atoms with Crippen LogP contribution in [0.3, 0.4) is 0 Å². The fraction of sp³-hybridized carbons (Fsp3) is 0.364. The van der Waals surface area contributed by atoms with E-state index in [-0.39, 0.29) is 11.4 Å². The molecule has 0 aromatic heterocycles. The number of carbonyl (C=O) groups is 2. The average Bonchev–Trinajstić information content (AvgIpc) is 2.81. The molecule has 1 heterocycles. The van der Waals surface area contributed by atoms with E-state index in [4.69, 9.17) is 14.2 Å². The van der Waals surface area contributed by atoms with Gasteiger partial charge in [-0.2, -0.15) is 0 Å². The summed E-state index contributed by atoms with van der Waals surface area (Å²) >= 11 is 0. The number of benzene rings is 2. The van der Waals surface area contributed by atoms with Crippen molar-refractivity contribution in [2.45, 2.75) is 13.3 Å². The number of amides is 1. The van der Waals surface area contributed by atoms with Gasteiger partial charge in [0.15, 0.2) is 12.4 Å². The molecule has 1 saturated heterocycles. The minimum Gasteiger partial charge on any atom is -0.477 e. The number of anilines is 2. The minimum atomic E-state index is -0.578. The summed E-state index contributed by atoms with van der Waals surface area (Å²) in [6.45, 7) is 4.18. The molecule has 2 aromatic rings. The molecule has 1 aliphatic rings. The van der Waals surface area contributed by atoms with Crippen molar-refractivity contribution in [2.24, 2.45) is 0 Å². The van der Waals surface area contributed by atoms with Gasteiger partial charge in [0.05, 0.1) is 36.0 Å². The van der Waals surface area contributed by atoms with Crippen molar-refractivity contribution >= 4 is 28.9 Å². The first-order valence-electron chi connectivity index (χ1n) is 10.3. The number of nitro benzene ring substituents is 1. The van der Waals surface area contributed by atoms with E-state index in [0.717, 1.165) is 0 Å². The maximum absolute atomic E-state index is 12.6. The van der Waals surface area contributed by atoms with Crippen LogP contribution in [0.4, 0.5) is 17.1 Å². The van der Waals surface area contributed by atoms with E-state index in [1.54, 1.807) is 24.3 Å². The Morgan fingerprint density at radius 2 is 1.94 bits per heavy atom. The van der Waals surface area contributed by atoms with E-state index in [9.17, 15) is 19.7 Å². The highest BCUT2D eigenvalue weighted by molar-refractivity contribution is 5.99. The first-order valence-corrected chi connectivity index (χ1v) is 10.3. The zero-order valence-corrected chi connectivity index (χ0v) is 17.7. The molecule has 0 unspecified atom stereocenters. The SMILES string of the molecule is CCCOC(=O)c1cc(NC(=O)COc2ccccc2[N+](=O)[O-])ccc1N1CCOCC1. The van der Waals surface area contributed by atoms with Crippen LogP contribution in [0.25, 0.3) is 0 Å². The Morgan fingerprint density at radius 1 is 1.19 bits per heavy atom. The van der Waals surface area contributed by atoms with Crippen molar-refractivity contribution in [1.82, 2.24) is 0 Å². The van der Waals surface area contributed by atoms with Gasteiger partial charge in [-0.1, -0.05) is 19.1 Å². The average molecular weight is 443 g/mol. The minimum absolute atomic E-state index is 0.000789. The van der Waals surface area contributed by atoms with Gasteiger partial charge in [-0.05, 0) is 30.7 Å². The lowest BCUT2D eigenvalue weighted by molar-refractivity contribution is -0.385. The molecule has 170 valence electrons. The number of hydrogen-bond donors (Lipinski definition) is 1. The van der Waals surface area contributed by atoms with E-state index in [2.05, 4.69) is 5.32 Å². The molecule has 0 bridgehead atoms. The Bertz CT molecular complexity index is 974. The second-order valence-corrected chi connectivity index (χ2v) is 7.03. The first-order chi connectivity index (χ1) is 15.5. The highest BCUT2D eigenvalue weighted by Crippen LogP contribution is 2.27. The molecule has 10 nitrogen and oxygen atoms in total. The lowest BCUT2D eigenvalue weighted by atomic mass is 10.1. The number of nitrogens with zero attached hydrogens (tertiary/aromatic N) is 2. The largest absolute Gasteiger partial charge is 0.477 e. The van der Waals surface area contributed by atoms with Crippen molar-refractivity contribution < 1.29 is 28.7 Å². The lowest BCUT2D eigenvalue weighted by Crippen LogP contribution is -2.37. The fourth-order valence-electron chi connectivity index (χ4n) is 3.20. The summed E-state index contributed by atoms with van der Waals surface area (Å²) in [7, 11) is 0. The zero-order chi connectivity index (χ0) is 22.9. The molecule has 0 atom stereocenters. The van der Waals surface area contributed by atoms with Gasteiger partial charge in [0, 0.05) is 24.8 Å². The van der Waals surface area contributed by atoms with E-state index in [1.807, 2.05) is 11.8 Å². The Hall–Kier alpha value is -3.66. The molecule has 1 amide bonds. The molecule has 3 rings (SSSR count). The molecule has 0 radical (unpaired) electrons. The van der Waals surface area contributed by atoms with Crippen molar-refractivity contribution in [3.63, 3.8) is 0 Å². The van der Waals surface area contributed by atoms with Crippen LogP contribution in [0.5, 0.6) is 5.75 Å². The van der Waals surface area contributed by atoms with Crippen molar-refractivity contribution in [3.8, 4) is 5.75 Å². The van der Waals surface area contributed by atoms with Gasteiger partial charge < -0.3 is 24.4 Å². The number of hydrogen-bond acceptors (Lipinski definition) is 8. The van der Waals surface area contributed by atoms with Crippen molar-refractivity contribution in [2.75, 3.05) is 49.7 Å². The quantitative estimate of drug-likeness (QED) is 0.357. The number of nitro groups is 1. The molecular formula is C22H25N3O7. The van der Waals surface area contributed by atoms with Gasteiger partial charge in [0.25, 0.3) is 5.91 Å². The van der Waals surface area contributed by atoms with Crippen LogP contribution in [0.15, 0.2) is 42.5 Å². The number of nitrogens with one attached hydrogen (secondary N) is 1. The van der Waals surface area contributed by atoms with Crippen LogP contribution in [-0.4, -0.2) is 56.3 Å². The standard InChI is InChI=1S/C22H25N3O7/c1-2-11-31-22(27)17-14-16(7-8-18(17)24-9-12-30-13-10-24)23-21(26)15-32-20-6-4-3-5-19(20)25(28)29/h3-8,14H,2,9-13,15H2,1H3,(H,23,26). The molecule has 2 aromatic carbocycles. The molecule has 0 saturated carbocycles. The molecule has 32 heavy (non-hydrogen) atoms. The summed E-state index contributed by atoms with van der Waals surface area (Å²) in [6, 6.07) is 10.8. The third-order valence-electron chi connectivity index (χ3n) is 4.71. The predicted molar refractivity (Wildman–Crippen MR) is 117 cm³/mol. The van der Waals surface area contributed by atoms with Crippen LogP contribution in [0.1, 0.15) is 23.7 Å². The number of rotatable bonds is 9. The van der Waals surface area contributed by atoms with E-state index in [0.29, 0.717) is 56.3 Å². The van der Waals surface area contributed by atoms with E-state index >= 15 is 0 Å². The Morgan fingerprint density at radius 3 is 2.66 bits per heavy atom. The maximum atomic E-state index is 12.6. The lowest BCUT2D eigenvalue weighted by Gasteiger charge is -2.30. The van der Waals surface area contributed by atoms with Crippen LogP contribution in [0.2, 0.25) is 0 Å². The van der Waals surface area contributed by atoms with Crippen LogP contribution >= 0.6 is 0 Å². The zero-order valence-electron chi connectivity index (χ0n) is 17.7. The van der Waals surface area contributed by atoms with Gasteiger partial charge in [-0.15, -0.1) is 0 Å². The second-order valence-electron chi connectivity index (χ2n) is 7.03. The summed E-state index contributed by atoms with van der Waals surface area (Å²) in [5, 5.41) is 13.7. The van der Waals surface area contributed by atoms with E-state index < -0.39 is 23.4 Å². The fourth-order valence-corrected chi connectivity index (χ4v) is 3.20. The summed E-state index contributed by atoms with van der Waals surface area (Å²) in [5.74, 6) is -0.991. The summed E-state index contributed by atoms with van der Waals surface area (Å²) < 4.78 is 16.0.